The van der Waals surface area contributed by atoms with Crippen LogP contribution in [0.1, 0.15) is 25.5 Å². The third-order valence-electron chi connectivity index (χ3n) is 1.77. The number of hydrogen-bond donors (Lipinski definition) is 1. The van der Waals surface area contributed by atoms with Gasteiger partial charge in [-0.3, -0.25) is 4.79 Å². The van der Waals surface area contributed by atoms with Crippen molar-refractivity contribution in [3.05, 3.63) is 23.0 Å². The molecular formula is C10H11ClN4O. The molecule has 1 N–H and O–H groups in total. The van der Waals surface area contributed by atoms with Crippen molar-refractivity contribution in [2.45, 2.75) is 25.8 Å². The molecule has 16 heavy (non-hydrogen) atoms. The summed E-state index contributed by atoms with van der Waals surface area (Å²) in [7, 11) is 0. The van der Waals surface area contributed by atoms with Crippen LogP contribution in [0.4, 0.5) is 0 Å². The molecule has 1 heterocycles. The fourth-order valence-corrected chi connectivity index (χ4v) is 1.21. The van der Waals surface area contributed by atoms with Crippen molar-refractivity contribution in [1.82, 2.24) is 15.5 Å². The maximum Gasteiger partial charge on any atom is 0.243 e. The molecule has 0 fully saturated rings. The number of nitriles is 1. The average molecular weight is 239 g/mol. The Hall–Kier alpha value is -1.67. The highest BCUT2D eigenvalue weighted by Crippen LogP contribution is 2.13. The number of halogens is 1. The van der Waals surface area contributed by atoms with Crippen molar-refractivity contribution in [2.75, 3.05) is 0 Å². The molecule has 0 aliphatic heterocycles. The van der Waals surface area contributed by atoms with Crippen LogP contribution in [0, 0.1) is 11.3 Å². The molecule has 1 atom stereocenters. The molecule has 1 aromatic rings. The zero-order valence-electron chi connectivity index (χ0n) is 8.94. The molecule has 1 unspecified atom stereocenters. The monoisotopic (exact) mass is 238 g/mol. The second-order valence-electron chi connectivity index (χ2n) is 3.51. The number of hydrogen-bond acceptors (Lipinski definition) is 4. The molecule has 0 saturated carbocycles. The first-order valence-corrected chi connectivity index (χ1v) is 5.11. The Morgan fingerprint density at radius 1 is 1.50 bits per heavy atom. The summed E-state index contributed by atoms with van der Waals surface area (Å²) in [5.41, 5.74) is 0.296. The summed E-state index contributed by atoms with van der Waals surface area (Å²) in [4.78, 5) is 11.6. The van der Waals surface area contributed by atoms with E-state index in [0.29, 0.717) is 5.69 Å². The van der Waals surface area contributed by atoms with Crippen LogP contribution >= 0.6 is 11.6 Å². The molecule has 84 valence electrons. The smallest absolute Gasteiger partial charge is 0.243 e. The highest BCUT2D eigenvalue weighted by atomic mass is 35.5. The molecule has 0 saturated heterocycles. The molecule has 0 spiro atoms. The Bertz CT molecular complexity index is 410. The fourth-order valence-electron chi connectivity index (χ4n) is 1.11. The van der Waals surface area contributed by atoms with Crippen LogP contribution in [0.25, 0.3) is 0 Å². The van der Waals surface area contributed by atoms with Gasteiger partial charge in [0.15, 0.2) is 11.1 Å². The molecule has 1 aromatic heterocycles. The highest BCUT2D eigenvalue weighted by Gasteiger charge is 2.22. The fraction of sp³-hybridized carbons (Fsp3) is 0.400. The predicted molar refractivity (Wildman–Crippen MR) is 58.7 cm³/mol. The number of carbonyl (C=O) groups is 1. The first-order valence-electron chi connectivity index (χ1n) is 4.73. The Kier molecular flexibility index (Phi) is 4.20. The lowest BCUT2D eigenvalue weighted by Crippen LogP contribution is -2.34. The first-order chi connectivity index (χ1) is 7.54. The molecule has 1 amide bonds. The zero-order valence-corrected chi connectivity index (χ0v) is 9.69. The van der Waals surface area contributed by atoms with E-state index in [1.54, 1.807) is 0 Å². The van der Waals surface area contributed by atoms with Crippen LogP contribution in [-0.4, -0.2) is 22.1 Å². The minimum atomic E-state index is -0.952. The van der Waals surface area contributed by atoms with Gasteiger partial charge in [-0.05, 0) is 26.0 Å². The van der Waals surface area contributed by atoms with E-state index in [0.717, 1.165) is 0 Å². The molecule has 6 heteroatoms. The van der Waals surface area contributed by atoms with E-state index in [9.17, 15) is 4.79 Å². The van der Waals surface area contributed by atoms with E-state index >= 15 is 0 Å². The van der Waals surface area contributed by atoms with Gasteiger partial charge in [-0.1, -0.05) is 11.6 Å². The van der Waals surface area contributed by atoms with Crippen LogP contribution in [0.15, 0.2) is 12.1 Å². The van der Waals surface area contributed by atoms with Crippen LogP contribution in [0.3, 0.4) is 0 Å². The summed E-state index contributed by atoms with van der Waals surface area (Å²) in [6.45, 7) is 3.64. The Labute approximate surface area is 98.4 Å². The van der Waals surface area contributed by atoms with E-state index in [2.05, 4.69) is 15.5 Å². The highest BCUT2D eigenvalue weighted by molar-refractivity contribution is 6.29. The van der Waals surface area contributed by atoms with E-state index in [4.69, 9.17) is 16.9 Å². The summed E-state index contributed by atoms with van der Waals surface area (Å²) >= 11 is 5.57. The summed E-state index contributed by atoms with van der Waals surface area (Å²) in [6, 6.07) is 4.87. The normalized spacial score (nSPS) is 11.9. The van der Waals surface area contributed by atoms with Crippen LogP contribution < -0.4 is 5.32 Å². The topological polar surface area (TPSA) is 78.7 Å². The van der Waals surface area contributed by atoms with Crippen molar-refractivity contribution in [3.63, 3.8) is 0 Å². The molecule has 5 nitrogen and oxygen atoms in total. The number of nitrogens with zero attached hydrogens (tertiary/aromatic N) is 3. The largest absolute Gasteiger partial charge is 0.352 e. The number of carbonyl (C=O) groups excluding carboxylic acids is 1. The standard InChI is InChI=1S/C10H11ClN4O/c1-6(2)13-10(16)7(5-12)8-3-4-9(11)15-14-8/h3-4,6-7H,1-2H3,(H,13,16). The second kappa shape index (κ2) is 5.42. The van der Waals surface area contributed by atoms with Crippen molar-refractivity contribution < 1.29 is 4.79 Å². The van der Waals surface area contributed by atoms with Crippen LogP contribution in [-0.2, 0) is 4.79 Å². The van der Waals surface area contributed by atoms with Gasteiger partial charge in [-0.15, -0.1) is 5.10 Å². The molecule has 0 aliphatic rings. The van der Waals surface area contributed by atoms with Crippen molar-refractivity contribution >= 4 is 17.5 Å². The molecule has 0 bridgehead atoms. The maximum absolute atomic E-state index is 11.6. The molecule has 0 aromatic carbocycles. The maximum atomic E-state index is 11.6. The van der Waals surface area contributed by atoms with Gasteiger partial charge in [0, 0.05) is 6.04 Å². The van der Waals surface area contributed by atoms with Crippen molar-refractivity contribution in [3.8, 4) is 6.07 Å². The number of aromatic nitrogens is 2. The molecular weight excluding hydrogens is 228 g/mol. The predicted octanol–water partition coefficient (Wildman–Crippen LogP) is 1.26. The average Bonchev–Trinajstić information content (AvgIpc) is 2.21. The van der Waals surface area contributed by atoms with Gasteiger partial charge < -0.3 is 5.32 Å². The summed E-state index contributed by atoms with van der Waals surface area (Å²) < 4.78 is 0. The summed E-state index contributed by atoms with van der Waals surface area (Å²) in [5, 5.41) is 19.1. The van der Waals surface area contributed by atoms with Gasteiger partial charge in [0.1, 0.15) is 0 Å². The second-order valence-corrected chi connectivity index (χ2v) is 3.89. The van der Waals surface area contributed by atoms with Gasteiger partial charge in [0.25, 0.3) is 0 Å². The molecule has 0 radical (unpaired) electrons. The van der Waals surface area contributed by atoms with Gasteiger partial charge in [-0.25, -0.2) is 0 Å². The Morgan fingerprint density at radius 3 is 2.62 bits per heavy atom. The minimum absolute atomic E-state index is 0.0244. The summed E-state index contributed by atoms with van der Waals surface area (Å²) in [5.74, 6) is -1.33. The lowest BCUT2D eigenvalue weighted by molar-refractivity contribution is -0.121. The van der Waals surface area contributed by atoms with Crippen molar-refractivity contribution in [1.29, 1.82) is 5.26 Å². The number of nitrogens with one attached hydrogen (secondary N) is 1. The third-order valence-corrected chi connectivity index (χ3v) is 1.97. The Balaban J connectivity index is 2.87. The third kappa shape index (κ3) is 3.17. The Morgan fingerprint density at radius 2 is 2.19 bits per heavy atom. The molecule has 0 aliphatic carbocycles. The SMILES string of the molecule is CC(C)NC(=O)C(C#N)c1ccc(Cl)nn1. The molecule has 1 rings (SSSR count). The van der Waals surface area contributed by atoms with Crippen molar-refractivity contribution in [2.24, 2.45) is 0 Å². The first kappa shape index (κ1) is 12.4. The van der Waals surface area contributed by atoms with E-state index in [1.165, 1.54) is 12.1 Å². The lowest BCUT2D eigenvalue weighted by atomic mass is 10.1. The summed E-state index contributed by atoms with van der Waals surface area (Å²) in [6.07, 6.45) is 0. The van der Waals surface area contributed by atoms with Gasteiger partial charge in [0.2, 0.25) is 5.91 Å². The van der Waals surface area contributed by atoms with E-state index in [1.807, 2.05) is 19.9 Å². The van der Waals surface area contributed by atoms with E-state index in [-0.39, 0.29) is 17.1 Å². The minimum Gasteiger partial charge on any atom is -0.352 e. The lowest BCUT2D eigenvalue weighted by Gasteiger charge is -2.11. The number of amides is 1. The van der Waals surface area contributed by atoms with E-state index < -0.39 is 5.92 Å². The zero-order chi connectivity index (χ0) is 12.1. The quantitative estimate of drug-likeness (QED) is 0.860. The van der Waals surface area contributed by atoms with Gasteiger partial charge >= 0.3 is 0 Å². The number of rotatable bonds is 3. The van der Waals surface area contributed by atoms with Gasteiger partial charge in [0.05, 0.1) is 11.8 Å². The van der Waals surface area contributed by atoms with Crippen LogP contribution in [0.2, 0.25) is 5.15 Å². The van der Waals surface area contributed by atoms with Crippen LogP contribution in [0.5, 0.6) is 0 Å². The van der Waals surface area contributed by atoms with Gasteiger partial charge in [-0.2, -0.15) is 10.4 Å².